The fourth-order valence-corrected chi connectivity index (χ4v) is 2.61. The van der Waals surface area contributed by atoms with Crippen molar-refractivity contribution in [3.05, 3.63) is 17.0 Å². The van der Waals surface area contributed by atoms with Gasteiger partial charge in [-0.1, -0.05) is 0 Å². The molecule has 2 N–H and O–H groups in total. The van der Waals surface area contributed by atoms with Crippen LogP contribution in [-0.2, 0) is 12.8 Å². The molecule has 1 unspecified atom stereocenters. The number of aromatic amines is 1. The summed E-state index contributed by atoms with van der Waals surface area (Å²) in [7, 11) is 0. The smallest absolute Gasteiger partial charge is 0.356 e. The minimum atomic E-state index is -2.63. The SMILES string of the molecule is O=C(O)c1n[nH]c2c1CC1(CC2)CC1(F)F. The molecule has 1 spiro atoms. The molecule has 1 aromatic rings. The van der Waals surface area contributed by atoms with Gasteiger partial charge in [0.25, 0.3) is 5.92 Å². The summed E-state index contributed by atoms with van der Waals surface area (Å²) in [6.07, 6.45) is 0.886. The number of alkyl halides is 2. The molecular formula is C10H10F2N2O2. The van der Waals surface area contributed by atoms with Gasteiger partial charge in [0, 0.05) is 23.1 Å². The fourth-order valence-electron chi connectivity index (χ4n) is 2.61. The van der Waals surface area contributed by atoms with Gasteiger partial charge in [0.2, 0.25) is 0 Å². The number of halogens is 2. The highest BCUT2D eigenvalue weighted by molar-refractivity contribution is 5.87. The van der Waals surface area contributed by atoms with Crippen molar-refractivity contribution < 1.29 is 18.7 Å². The topological polar surface area (TPSA) is 66.0 Å². The number of aromatic nitrogens is 2. The van der Waals surface area contributed by atoms with Crippen LogP contribution >= 0.6 is 0 Å². The van der Waals surface area contributed by atoms with Crippen LogP contribution in [0.2, 0.25) is 0 Å². The second-order valence-electron chi connectivity index (χ2n) is 4.67. The Morgan fingerprint density at radius 1 is 1.50 bits per heavy atom. The number of carboxylic acids is 1. The van der Waals surface area contributed by atoms with Gasteiger partial charge in [-0.05, 0) is 19.3 Å². The molecule has 1 heterocycles. The van der Waals surface area contributed by atoms with Crippen molar-refractivity contribution in [2.75, 3.05) is 0 Å². The van der Waals surface area contributed by atoms with E-state index >= 15 is 0 Å². The third-order valence-electron chi connectivity index (χ3n) is 3.74. The molecule has 1 saturated carbocycles. The second-order valence-corrected chi connectivity index (χ2v) is 4.67. The van der Waals surface area contributed by atoms with E-state index in [0.717, 1.165) is 0 Å². The van der Waals surface area contributed by atoms with Gasteiger partial charge in [0.1, 0.15) is 0 Å². The summed E-state index contributed by atoms with van der Waals surface area (Å²) in [4.78, 5) is 10.9. The Labute approximate surface area is 89.7 Å². The summed E-state index contributed by atoms with van der Waals surface area (Å²) in [5.74, 6) is -3.78. The van der Waals surface area contributed by atoms with Crippen LogP contribution in [0.3, 0.4) is 0 Å². The summed E-state index contributed by atoms with van der Waals surface area (Å²) in [5.41, 5.74) is 0.0760. The number of aromatic carboxylic acids is 1. The van der Waals surface area contributed by atoms with Crippen molar-refractivity contribution in [3.63, 3.8) is 0 Å². The Bertz CT molecular complexity index is 483. The van der Waals surface area contributed by atoms with E-state index in [4.69, 9.17) is 5.11 Å². The molecule has 16 heavy (non-hydrogen) atoms. The first-order valence-corrected chi connectivity index (χ1v) is 5.12. The number of hydrogen-bond donors (Lipinski definition) is 2. The number of carboxylic acid groups (broad SMARTS) is 1. The minimum Gasteiger partial charge on any atom is -0.476 e. The number of fused-ring (bicyclic) bond motifs is 1. The number of hydrogen-bond acceptors (Lipinski definition) is 2. The summed E-state index contributed by atoms with van der Waals surface area (Å²) in [5, 5.41) is 15.2. The first-order chi connectivity index (χ1) is 7.45. The molecule has 3 rings (SSSR count). The minimum absolute atomic E-state index is 0.100. The van der Waals surface area contributed by atoms with Crippen molar-refractivity contribution >= 4 is 5.97 Å². The number of aryl methyl sites for hydroxylation is 1. The summed E-state index contributed by atoms with van der Waals surface area (Å²) in [6.45, 7) is 0. The molecular weight excluding hydrogens is 218 g/mol. The van der Waals surface area contributed by atoms with Crippen molar-refractivity contribution in [2.45, 2.75) is 31.6 Å². The van der Waals surface area contributed by atoms with Crippen LogP contribution in [0, 0.1) is 5.41 Å². The number of carbonyl (C=O) groups is 1. The molecule has 2 aliphatic rings. The number of nitrogens with zero attached hydrogens (tertiary/aromatic N) is 1. The highest BCUT2D eigenvalue weighted by Gasteiger charge is 2.71. The van der Waals surface area contributed by atoms with Crippen LogP contribution in [-0.4, -0.2) is 27.2 Å². The molecule has 86 valence electrons. The van der Waals surface area contributed by atoms with E-state index in [0.29, 0.717) is 24.1 Å². The molecule has 0 aromatic carbocycles. The highest BCUT2D eigenvalue weighted by atomic mass is 19.3. The number of rotatable bonds is 1. The van der Waals surface area contributed by atoms with Crippen molar-refractivity contribution in [3.8, 4) is 0 Å². The Morgan fingerprint density at radius 3 is 2.75 bits per heavy atom. The predicted octanol–water partition coefficient (Wildman–Crippen LogP) is 1.62. The van der Waals surface area contributed by atoms with E-state index in [1.165, 1.54) is 0 Å². The van der Waals surface area contributed by atoms with Crippen molar-refractivity contribution in [1.82, 2.24) is 10.2 Å². The zero-order valence-corrected chi connectivity index (χ0v) is 8.39. The zero-order chi connectivity index (χ0) is 11.6. The second kappa shape index (κ2) is 2.61. The fraction of sp³-hybridized carbons (Fsp3) is 0.600. The molecule has 0 bridgehead atoms. The van der Waals surface area contributed by atoms with Gasteiger partial charge < -0.3 is 5.11 Å². The summed E-state index contributed by atoms with van der Waals surface area (Å²) < 4.78 is 26.5. The monoisotopic (exact) mass is 228 g/mol. The quantitative estimate of drug-likeness (QED) is 0.767. The van der Waals surface area contributed by atoms with Gasteiger partial charge in [-0.25, -0.2) is 13.6 Å². The number of nitrogens with one attached hydrogen (secondary N) is 1. The first kappa shape index (κ1) is 9.74. The average Bonchev–Trinajstić information content (AvgIpc) is 2.59. The Kier molecular flexibility index (Phi) is 1.59. The van der Waals surface area contributed by atoms with Gasteiger partial charge in [0.05, 0.1) is 0 Å². The third kappa shape index (κ3) is 1.07. The van der Waals surface area contributed by atoms with Crippen LogP contribution in [0.25, 0.3) is 0 Å². The largest absolute Gasteiger partial charge is 0.476 e. The van der Waals surface area contributed by atoms with Crippen LogP contribution in [0.4, 0.5) is 8.78 Å². The molecule has 0 radical (unpaired) electrons. The van der Waals surface area contributed by atoms with Crippen LogP contribution in [0.5, 0.6) is 0 Å². The van der Waals surface area contributed by atoms with Gasteiger partial charge >= 0.3 is 5.97 Å². The maximum absolute atomic E-state index is 13.2. The third-order valence-corrected chi connectivity index (χ3v) is 3.74. The maximum atomic E-state index is 13.2. The Morgan fingerprint density at radius 2 is 2.19 bits per heavy atom. The molecule has 0 saturated heterocycles. The maximum Gasteiger partial charge on any atom is 0.356 e. The van der Waals surface area contributed by atoms with E-state index in [9.17, 15) is 13.6 Å². The van der Waals surface area contributed by atoms with E-state index < -0.39 is 17.3 Å². The molecule has 4 nitrogen and oxygen atoms in total. The average molecular weight is 228 g/mol. The van der Waals surface area contributed by atoms with E-state index in [2.05, 4.69) is 10.2 Å². The molecule has 1 fully saturated rings. The standard InChI is InChI=1S/C10H10F2N2O2/c11-10(12)4-9(10)2-1-6-5(3-9)7(8(15)16)14-13-6/h1-4H2,(H,13,14)(H,15,16). The van der Waals surface area contributed by atoms with Crippen molar-refractivity contribution in [1.29, 1.82) is 0 Å². The molecule has 1 atom stereocenters. The zero-order valence-electron chi connectivity index (χ0n) is 8.39. The van der Waals surface area contributed by atoms with Crippen LogP contribution in [0.1, 0.15) is 34.6 Å². The summed E-state index contributed by atoms with van der Waals surface area (Å²) in [6, 6.07) is 0. The number of H-pyrrole nitrogens is 1. The lowest BCUT2D eigenvalue weighted by Crippen LogP contribution is -2.22. The summed E-state index contributed by atoms with van der Waals surface area (Å²) >= 11 is 0. The van der Waals surface area contributed by atoms with Crippen molar-refractivity contribution in [2.24, 2.45) is 5.41 Å². The lowest BCUT2D eigenvalue weighted by molar-refractivity contribution is 0.0569. The highest BCUT2D eigenvalue weighted by Crippen LogP contribution is 2.66. The van der Waals surface area contributed by atoms with E-state index in [1.54, 1.807) is 0 Å². The normalized spacial score (nSPS) is 30.1. The molecule has 1 aromatic heterocycles. The van der Waals surface area contributed by atoms with Crippen LogP contribution in [0.15, 0.2) is 0 Å². The Hall–Kier alpha value is -1.46. The molecule has 0 aliphatic heterocycles. The van der Waals surface area contributed by atoms with Gasteiger partial charge in [-0.3, -0.25) is 5.10 Å². The van der Waals surface area contributed by atoms with Gasteiger partial charge in [0.15, 0.2) is 5.69 Å². The molecule has 0 amide bonds. The van der Waals surface area contributed by atoms with Gasteiger partial charge in [-0.2, -0.15) is 5.10 Å². The predicted molar refractivity (Wildman–Crippen MR) is 49.6 cm³/mol. The van der Waals surface area contributed by atoms with Crippen LogP contribution < -0.4 is 0 Å². The van der Waals surface area contributed by atoms with E-state index in [-0.39, 0.29) is 18.5 Å². The van der Waals surface area contributed by atoms with E-state index in [1.807, 2.05) is 0 Å². The lowest BCUT2D eigenvalue weighted by Gasteiger charge is -2.21. The molecule has 2 aliphatic carbocycles. The Balaban J connectivity index is 1.99. The molecule has 6 heteroatoms. The lowest BCUT2D eigenvalue weighted by atomic mass is 9.83. The van der Waals surface area contributed by atoms with Gasteiger partial charge in [-0.15, -0.1) is 0 Å². The first-order valence-electron chi connectivity index (χ1n) is 5.12.